The normalized spacial score (nSPS) is 23.7. The fourth-order valence-corrected chi connectivity index (χ4v) is 5.42. The first-order valence-corrected chi connectivity index (χ1v) is 8.51. The molecular formula is C12H17NO4S2. The van der Waals surface area contributed by atoms with Crippen molar-refractivity contribution < 1.29 is 18.3 Å². The van der Waals surface area contributed by atoms with Crippen LogP contribution in [0, 0.1) is 12.8 Å². The third-order valence-corrected chi connectivity index (χ3v) is 6.32. The number of aromatic carboxylic acids is 1. The molecule has 1 aliphatic rings. The Morgan fingerprint density at radius 3 is 2.68 bits per heavy atom. The molecule has 19 heavy (non-hydrogen) atoms. The van der Waals surface area contributed by atoms with Gasteiger partial charge in [0, 0.05) is 6.04 Å². The molecule has 0 bridgehead atoms. The number of nitrogens with one attached hydrogen (secondary N) is 1. The van der Waals surface area contributed by atoms with E-state index in [1.165, 1.54) is 0 Å². The zero-order valence-electron chi connectivity index (χ0n) is 10.8. The predicted molar refractivity (Wildman–Crippen MR) is 73.1 cm³/mol. The topological polar surface area (TPSA) is 83.5 Å². The second-order valence-corrected chi connectivity index (χ2v) is 7.65. The van der Waals surface area contributed by atoms with Crippen molar-refractivity contribution in [2.45, 2.75) is 44.0 Å². The van der Waals surface area contributed by atoms with Crippen LogP contribution in [0.5, 0.6) is 0 Å². The predicted octanol–water partition coefficient (Wildman–Crippen LogP) is 2.22. The van der Waals surface area contributed by atoms with E-state index in [1.807, 2.05) is 0 Å². The van der Waals surface area contributed by atoms with Crippen LogP contribution in [-0.2, 0) is 10.0 Å². The summed E-state index contributed by atoms with van der Waals surface area (Å²) in [7, 11) is -3.75. The summed E-state index contributed by atoms with van der Waals surface area (Å²) in [5.41, 5.74) is 0.487. The van der Waals surface area contributed by atoms with Gasteiger partial charge in [0.15, 0.2) is 0 Å². The van der Waals surface area contributed by atoms with Crippen molar-refractivity contribution in [1.29, 1.82) is 0 Å². The van der Waals surface area contributed by atoms with Crippen LogP contribution in [0.2, 0.25) is 0 Å². The maximum atomic E-state index is 12.3. The number of thiophene rings is 1. The van der Waals surface area contributed by atoms with Gasteiger partial charge in [0.25, 0.3) is 0 Å². The maximum Gasteiger partial charge on any atom is 0.347 e. The number of sulfonamides is 1. The Morgan fingerprint density at radius 2 is 2.16 bits per heavy atom. The van der Waals surface area contributed by atoms with E-state index in [0.717, 1.165) is 30.6 Å². The largest absolute Gasteiger partial charge is 0.477 e. The van der Waals surface area contributed by atoms with Gasteiger partial charge < -0.3 is 5.11 Å². The molecule has 0 spiro atoms. The number of carbonyl (C=O) groups is 1. The van der Waals surface area contributed by atoms with E-state index in [4.69, 9.17) is 5.11 Å². The highest BCUT2D eigenvalue weighted by Gasteiger charge is 2.31. The van der Waals surface area contributed by atoms with E-state index in [2.05, 4.69) is 11.6 Å². The maximum absolute atomic E-state index is 12.3. The Bertz CT molecular complexity index is 591. The van der Waals surface area contributed by atoms with Crippen molar-refractivity contribution >= 4 is 27.3 Å². The lowest BCUT2D eigenvalue weighted by atomic mass is 10.1. The lowest BCUT2D eigenvalue weighted by molar-refractivity contribution is 0.0698. The first-order chi connectivity index (χ1) is 8.81. The van der Waals surface area contributed by atoms with Crippen LogP contribution in [0.25, 0.3) is 0 Å². The van der Waals surface area contributed by atoms with Crippen molar-refractivity contribution in [3.63, 3.8) is 0 Å². The van der Waals surface area contributed by atoms with Gasteiger partial charge in [-0.05, 0) is 43.0 Å². The monoisotopic (exact) mass is 303 g/mol. The first-order valence-electron chi connectivity index (χ1n) is 6.15. The highest BCUT2D eigenvalue weighted by atomic mass is 32.2. The molecule has 1 fully saturated rings. The summed E-state index contributed by atoms with van der Waals surface area (Å²) in [6.07, 6.45) is 2.62. The molecule has 1 saturated carbocycles. The number of carboxylic acid groups (broad SMARTS) is 1. The molecule has 0 radical (unpaired) electrons. The van der Waals surface area contributed by atoms with E-state index in [-0.39, 0.29) is 15.8 Å². The molecule has 0 amide bonds. The van der Waals surface area contributed by atoms with Gasteiger partial charge in [0.2, 0.25) is 10.0 Å². The van der Waals surface area contributed by atoms with Crippen molar-refractivity contribution in [3.8, 4) is 0 Å². The second kappa shape index (κ2) is 5.22. The molecule has 2 rings (SSSR count). The van der Waals surface area contributed by atoms with Crippen molar-refractivity contribution in [2.75, 3.05) is 0 Å². The Hall–Kier alpha value is -0.920. The van der Waals surface area contributed by atoms with E-state index >= 15 is 0 Å². The lowest BCUT2D eigenvalue weighted by Gasteiger charge is -2.13. The SMILES string of the molecule is Cc1csc(C(=O)O)c1S(=O)(=O)NC1CCC(C)C1. The third-order valence-electron chi connectivity index (χ3n) is 3.40. The molecule has 1 aromatic heterocycles. The molecule has 2 unspecified atom stereocenters. The van der Waals surface area contributed by atoms with Gasteiger partial charge in [-0.3, -0.25) is 0 Å². The number of hydrogen-bond donors (Lipinski definition) is 2. The summed E-state index contributed by atoms with van der Waals surface area (Å²) < 4.78 is 27.3. The Morgan fingerprint density at radius 1 is 1.47 bits per heavy atom. The van der Waals surface area contributed by atoms with Crippen LogP contribution in [0.4, 0.5) is 0 Å². The van der Waals surface area contributed by atoms with Gasteiger partial charge in [-0.1, -0.05) is 6.92 Å². The number of aryl methyl sites for hydroxylation is 1. The van der Waals surface area contributed by atoms with Gasteiger partial charge in [-0.25, -0.2) is 17.9 Å². The standard InChI is InChI=1S/C12H17NO4S2/c1-7-3-4-9(5-7)13-19(16,17)11-8(2)6-18-10(11)12(14)15/h6-7,9,13H,3-5H2,1-2H3,(H,14,15). The molecule has 0 saturated heterocycles. The Labute approximate surface area is 116 Å². The smallest absolute Gasteiger partial charge is 0.347 e. The summed E-state index contributed by atoms with van der Waals surface area (Å²) in [6, 6.07) is -0.0825. The zero-order chi connectivity index (χ0) is 14.2. The van der Waals surface area contributed by atoms with Crippen molar-refractivity contribution in [1.82, 2.24) is 4.72 Å². The van der Waals surface area contributed by atoms with Gasteiger partial charge in [0.05, 0.1) is 0 Å². The molecule has 5 nitrogen and oxygen atoms in total. The van der Waals surface area contributed by atoms with Crippen LogP contribution in [0.1, 0.15) is 41.4 Å². The zero-order valence-corrected chi connectivity index (χ0v) is 12.5. The van der Waals surface area contributed by atoms with Gasteiger partial charge in [-0.2, -0.15) is 0 Å². The van der Waals surface area contributed by atoms with Crippen LogP contribution >= 0.6 is 11.3 Å². The highest BCUT2D eigenvalue weighted by molar-refractivity contribution is 7.89. The summed E-state index contributed by atoms with van der Waals surface area (Å²) in [5.74, 6) is -0.687. The molecule has 0 aliphatic heterocycles. The Kier molecular flexibility index (Phi) is 3.98. The average molecular weight is 303 g/mol. The summed E-state index contributed by atoms with van der Waals surface area (Å²) >= 11 is 0.951. The molecule has 2 atom stereocenters. The molecule has 1 aromatic rings. The minimum Gasteiger partial charge on any atom is -0.477 e. The molecule has 1 aliphatic carbocycles. The number of hydrogen-bond acceptors (Lipinski definition) is 4. The lowest BCUT2D eigenvalue weighted by Crippen LogP contribution is -2.33. The molecule has 0 aromatic carbocycles. The minimum absolute atomic E-state index is 0.0791. The molecular weight excluding hydrogens is 286 g/mol. The molecule has 1 heterocycles. The second-order valence-electron chi connectivity index (χ2n) is 5.12. The molecule has 106 valence electrons. The summed E-state index contributed by atoms with van der Waals surface area (Å²) in [5, 5.41) is 10.6. The average Bonchev–Trinajstić information content (AvgIpc) is 2.84. The van der Waals surface area contributed by atoms with Crippen molar-refractivity contribution in [3.05, 3.63) is 15.8 Å². The van der Waals surface area contributed by atoms with E-state index in [9.17, 15) is 13.2 Å². The van der Waals surface area contributed by atoms with Gasteiger partial charge in [0.1, 0.15) is 9.77 Å². The quantitative estimate of drug-likeness (QED) is 0.893. The van der Waals surface area contributed by atoms with Crippen LogP contribution in [-0.4, -0.2) is 25.5 Å². The number of carboxylic acids is 1. The van der Waals surface area contributed by atoms with Crippen LogP contribution < -0.4 is 4.72 Å². The fraction of sp³-hybridized carbons (Fsp3) is 0.583. The minimum atomic E-state index is -3.75. The Balaban J connectivity index is 2.29. The van der Waals surface area contributed by atoms with Gasteiger partial charge in [-0.15, -0.1) is 11.3 Å². The van der Waals surface area contributed by atoms with Crippen LogP contribution in [0.3, 0.4) is 0 Å². The fourth-order valence-electron chi connectivity index (χ4n) is 2.51. The van der Waals surface area contributed by atoms with Gasteiger partial charge >= 0.3 is 5.97 Å². The third kappa shape index (κ3) is 2.98. The van der Waals surface area contributed by atoms with Crippen LogP contribution in [0.15, 0.2) is 10.3 Å². The van der Waals surface area contributed by atoms with Crippen molar-refractivity contribution in [2.24, 2.45) is 5.92 Å². The van der Waals surface area contributed by atoms with E-state index < -0.39 is 16.0 Å². The highest BCUT2D eigenvalue weighted by Crippen LogP contribution is 2.30. The molecule has 7 heteroatoms. The summed E-state index contributed by atoms with van der Waals surface area (Å²) in [6.45, 7) is 3.71. The first kappa shape index (κ1) is 14.5. The molecule has 2 N–H and O–H groups in total. The number of rotatable bonds is 4. The summed E-state index contributed by atoms with van der Waals surface area (Å²) in [4.78, 5) is 10.9. The van der Waals surface area contributed by atoms with E-state index in [1.54, 1.807) is 12.3 Å². The van der Waals surface area contributed by atoms with E-state index in [0.29, 0.717) is 11.5 Å².